The molecule has 0 aromatic heterocycles. The molecule has 1 aromatic rings. The van der Waals surface area contributed by atoms with E-state index < -0.39 is 0 Å². The third-order valence-corrected chi connectivity index (χ3v) is 3.83. The van der Waals surface area contributed by atoms with Crippen molar-refractivity contribution in [1.29, 1.82) is 0 Å². The van der Waals surface area contributed by atoms with Crippen molar-refractivity contribution in [3.8, 4) is 0 Å². The summed E-state index contributed by atoms with van der Waals surface area (Å²) in [6.07, 6.45) is 2.31. The molecule has 1 fully saturated rings. The van der Waals surface area contributed by atoms with Crippen LogP contribution in [-0.4, -0.2) is 25.0 Å². The van der Waals surface area contributed by atoms with Crippen LogP contribution in [0.1, 0.15) is 23.2 Å². The van der Waals surface area contributed by atoms with Crippen LogP contribution in [0.15, 0.2) is 18.2 Å². The SMILES string of the molecule is O=C(NCC1CCCN1)c1ccc(I)cc1Cl. The van der Waals surface area contributed by atoms with Gasteiger partial charge in [0.25, 0.3) is 5.91 Å². The lowest BCUT2D eigenvalue weighted by atomic mass is 10.2. The minimum absolute atomic E-state index is 0.0971. The molecule has 1 amide bonds. The first-order valence-corrected chi connectivity index (χ1v) is 7.09. The van der Waals surface area contributed by atoms with E-state index >= 15 is 0 Å². The second-order valence-corrected chi connectivity index (χ2v) is 5.78. The van der Waals surface area contributed by atoms with E-state index in [9.17, 15) is 4.79 Å². The lowest BCUT2D eigenvalue weighted by Gasteiger charge is -2.12. The molecule has 2 N–H and O–H groups in total. The number of nitrogens with one attached hydrogen (secondary N) is 2. The van der Waals surface area contributed by atoms with Crippen LogP contribution in [0.5, 0.6) is 0 Å². The molecular formula is C12H14ClIN2O. The lowest BCUT2D eigenvalue weighted by molar-refractivity contribution is 0.0950. The summed E-state index contributed by atoms with van der Waals surface area (Å²) in [4.78, 5) is 11.9. The van der Waals surface area contributed by atoms with E-state index in [1.807, 2.05) is 6.07 Å². The maximum atomic E-state index is 11.9. The first-order chi connectivity index (χ1) is 8.16. The average molecular weight is 365 g/mol. The largest absolute Gasteiger partial charge is 0.350 e. The Morgan fingerprint density at radius 2 is 2.41 bits per heavy atom. The molecule has 2 rings (SSSR count). The number of halogens is 2. The van der Waals surface area contributed by atoms with Gasteiger partial charge in [-0.05, 0) is 60.2 Å². The van der Waals surface area contributed by atoms with Gasteiger partial charge in [0.05, 0.1) is 10.6 Å². The van der Waals surface area contributed by atoms with E-state index in [0.717, 1.165) is 16.5 Å². The maximum Gasteiger partial charge on any atom is 0.252 e. The quantitative estimate of drug-likeness (QED) is 0.809. The van der Waals surface area contributed by atoms with Crippen LogP contribution in [0.25, 0.3) is 0 Å². The van der Waals surface area contributed by atoms with Gasteiger partial charge in [-0.1, -0.05) is 11.6 Å². The zero-order valence-corrected chi connectivity index (χ0v) is 12.2. The van der Waals surface area contributed by atoms with Crippen LogP contribution in [0.4, 0.5) is 0 Å². The summed E-state index contributed by atoms with van der Waals surface area (Å²) in [5.41, 5.74) is 0.546. The van der Waals surface area contributed by atoms with Crippen molar-refractivity contribution in [2.24, 2.45) is 0 Å². The Kier molecular flexibility index (Phi) is 4.64. The van der Waals surface area contributed by atoms with Gasteiger partial charge in [-0.3, -0.25) is 4.79 Å². The zero-order chi connectivity index (χ0) is 12.3. The molecule has 0 spiro atoms. The van der Waals surface area contributed by atoms with E-state index in [0.29, 0.717) is 23.2 Å². The second-order valence-electron chi connectivity index (χ2n) is 4.13. The number of carbonyl (C=O) groups excluding carboxylic acids is 1. The molecule has 0 saturated carbocycles. The highest BCUT2D eigenvalue weighted by molar-refractivity contribution is 14.1. The van der Waals surface area contributed by atoms with Gasteiger partial charge >= 0.3 is 0 Å². The molecule has 17 heavy (non-hydrogen) atoms. The Morgan fingerprint density at radius 3 is 3.06 bits per heavy atom. The number of rotatable bonds is 3. The molecule has 1 aliphatic rings. The predicted octanol–water partition coefficient (Wildman–Crippen LogP) is 2.43. The van der Waals surface area contributed by atoms with Gasteiger partial charge in [0.1, 0.15) is 0 Å². The minimum Gasteiger partial charge on any atom is -0.350 e. The van der Waals surface area contributed by atoms with Crippen molar-refractivity contribution in [3.63, 3.8) is 0 Å². The lowest BCUT2D eigenvalue weighted by Crippen LogP contribution is -2.37. The van der Waals surface area contributed by atoms with E-state index in [1.54, 1.807) is 12.1 Å². The third kappa shape index (κ3) is 3.56. The molecule has 1 unspecified atom stereocenters. The molecule has 0 aliphatic carbocycles. The number of hydrogen-bond donors (Lipinski definition) is 2. The summed E-state index contributed by atoms with van der Waals surface area (Å²) in [6, 6.07) is 5.85. The third-order valence-electron chi connectivity index (χ3n) is 2.85. The van der Waals surface area contributed by atoms with Crippen molar-refractivity contribution < 1.29 is 4.79 Å². The zero-order valence-electron chi connectivity index (χ0n) is 9.30. The van der Waals surface area contributed by atoms with Gasteiger partial charge < -0.3 is 10.6 Å². The van der Waals surface area contributed by atoms with Crippen molar-refractivity contribution in [3.05, 3.63) is 32.4 Å². The van der Waals surface area contributed by atoms with Crippen LogP contribution < -0.4 is 10.6 Å². The van der Waals surface area contributed by atoms with Gasteiger partial charge in [-0.15, -0.1) is 0 Å². The van der Waals surface area contributed by atoms with Crippen LogP contribution in [0.2, 0.25) is 5.02 Å². The van der Waals surface area contributed by atoms with Gasteiger partial charge in [-0.2, -0.15) is 0 Å². The van der Waals surface area contributed by atoms with Gasteiger partial charge in [-0.25, -0.2) is 0 Å². The van der Waals surface area contributed by atoms with Crippen LogP contribution in [0, 0.1) is 3.57 Å². The highest BCUT2D eigenvalue weighted by Crippen LogP contribution is 2.19. The molecule has 3 nitrogen and oxygen atoms in total. The Morgan fingerprint density at radius 1 is 1.59 bits per heavy atom. The van der Waals surface area contributed by atoms with E-state index in [2.05, 4.69) is 33.2 Å². The maximum absolute atomic E-state index is 11.9. The smallest absolute Gasteiger partial charge is 0.252 e. The topological polar surface area (TPSA) is 41.1 Å². The molecule has 5 heteroatoms. The standard InChI is InChI=1S/C12H14ClIN2O/c13-11-6-8(14)3-4-10(11)12(17)16-7-9-2-1-5-15-9/h3-4,6,9,15H,1-2,5,7H2,(H,16,17). The summed E-state index contributed by atoms with van der Waals surface area (Å²) in [5.74, 6) is -0.0971. The van der Waals surface area contributed by atoms with Gasteiger partial charge in [0.2, 0.25) is 0 Å². The first-order valence-electron chi connectivity index (χ1n) is 5.63. The van der Waals surface area contributed by atoms with Crippen molar-refractivity contribution in [2.45, 2.75) is 18.9 Å². The monoisotopic (exact) mass is 364 g/mol. The normalized spacial score (nSPS) is 19.3. The Bertz CT molecular complexity index is 419. The van der Waals surface area contributed by atoms with E-state index in [1.165, 1.54) is 6.42 Å². The van der Waals surface area contributed by atoms with Crippen molar-refractivity contribution in [2.75, 3.05) is 13.1 Å². The Hall–Kier alpha value is -0.330. The second kappa shape index (κ2) is 6.02. The highest BCUT2D eigenvalue weighted by atomic mass is 127. The fraction of sp³-hybridized carbons (Fsp3) is 0.417. The Labute approximate surface area is 119 Å². The number of benzene rings is 1. The van der Waals surface area contributed by atoms with Crippen LogP contribution in [-0.2, 0) is 0 Å². The summed E-state index contributed by atoms with van der Waals surface area (Å²) in [7, 11) is 0. The summed E-state index contributed by atoms with van der Waals surface area (Å²) in [5, 5.41) is 6.76. The van der Waals surface area contributed by atoms with Gasteiger partial charge in [0, 0.05) is 16.2 Å². The van der Waals surface area contributed by atoms with Gasteiger partial charge in [0.15, 0.2) is 0 Å². The minimum atomic E-state index is -0.0971. The number of carbonyl (C=O) groups is 1. The molecule has 1 atom stereocenters. The molecule has 1 heterocycles. The van der Waals surface area contributed by atoms with Crippen molar-refractivity contribution >= 4 is 40.1 Å². The molecule has 0 radical (unpaired) electrons. The van der Waals surface area contributed by atoms with Crippen LogP contribution in [0.3, 0.4) is 0 Å². The summed E-state index contributed by atoms with van der Waals surface area (Å²) < 4.78 is 1.03. The molecular weight excluding hydrogens is 351 g/mol. The summed E-state index contributed by atoms with van der Waals surface area (Å²) in [6.45, 7) is 1.71. The fourth-order valence-electron chi connectivity index (χ4n) is 1.92. The number of amides is 1. The molecule has 1 saturated heterocycles. The molecule has 0 bridgehead atoms. The molecule has 92 valence electrons. The fourth-order valence-corrected chi connectivity index (χ4v) is 2.86. The first kappa shape index (κ1) is 13.1. The highest BCUT2D eigenvalue weighted by Gasteiger charge is 2.16. The van der Waals surface area contributed by atoms with E-state index in [4.69, 9.17) is 11.6 Å². The molecule has 1 aliphatic heterocycles. The summed E-state index contributed by atoms with van der Waals surface area (Å²) >= 11 is 8.21. The molecule has 1 aromatic carbocycles. The Balaban J connectivity index is 1.94. The van der Waals surface area contributed by atoms with E-state index in [-0.39, 0.29) is 5.91 Å². The van der Waals surface area contributed by atoms with Crippen LogP contribution >= 0.6 is 34.2 Å². The average Bonchev–Trinajstić information content (AvgIpc) is 2.78. The predicted molar refractivity (Wildman–Crippen MR) is 77.5 cm³/mol. The van der Waals surface area contributed by atoms with Crippen molar-refractivity contribution in [1.82, 2.24) is 10.6 Å². The number of hydrogen-bond acceptors (Lipinski definition) is 2.